The second-order valence-corrected chi connectivity index (χ2v) is 14.5. The average molecular weight is 643 g/mol. The van der Waals surface area contributed by atoms with Gasteiger partial charge in [-0.15, -0.1) is 0 Å². The highest BCUT2D eigenvalue weighted by Crippen LogP contribution is 2.63. The molecule has 1 saturated carbocycles. The maximum Gasteiger partial charge on any atom is 0.251 e. The third kappa shape index (κ3) is 5.10. The van der Waals surface area contributed by atoms with Crippen molar-refractivity contribution in [2.45, 2.75) is 94.4 Å². The van der Waals surface area contributed by atoms with Crippen LogP contribution in [0.25, 0.3) is 0 Å². The molecule has 3 aliphatic heterocycles. The smallest absolute Gasteiger partial charge is 0.251 e. The van der Waals surface area contributed by atoms with E-state index in [1.165, 1.54) is 0 Å². The summed E-state index contributed by atoms with van der Waals surface area (Å²) in [6, 6.07) is 8.18. The summed E-state index contributed by atoms with van der Waals surface area (Å²) in [5.74, 6) is -0.968. The molecule has 2 saturated heterocycles. The molecule has 3 amide bonds. The summed E-state index contributed by atoms with van der Waals surface area (Å²) >= 11 is 12.9. The molecule has 0 radical (unpaired) electrons. The van der Waals surface area contributed by atoms with E-state index in [0.717, 1.165) is 36.8 Å². The third-order valence-corrected chi connectivity index (χ3v) is 11.0. The monoisotopic (exact) mass is 641 g/mol. The molecule has 2 spiro atoms. The summed E-state index contributed by atoms with van der Waals surface area (Å²) in [5, 5.41) is 11.0. The van der Waals surface area contributed by atoms with Gasteiger partial charge in [0.15, 0.2) is 0 Å². The van der Waals surface area contributed by atoms with Crippen LogP contribution in [0, 0.1) is 5.41 Å². The van der Waals surface area contributed by atoms with Crippen molar-refractivity contribution in [1.29, 1.82) is 0 Å². The number of pyridine rings is 1. The van der Waals surface area contributed by atoms with Gasteiger partial charge in [-0.3, -0.25) is 19.7 Å². The lowest BCUT2D eigenvalue weighted by Crippen LogP contribution is -2.61. The first-order chi connectivity index (χ1) is 20.9. The first kappa shape index (κ1) is 31.3. The van der Waals surface area contributed by atoms with Gasteiger partial charge in [0, 0.05) is 42.0 Å². The molecule has 2 aromatic rings. The predicted molar refractivity (Wildman–Crippen MR) is 170 cm³/mol. The van der Waals surface area contributed by atoms with E-state index in [2.05, 4.69) is 34.8 Å². The Balaban J connectivity index is 1.39. The molecule has 1 aliphatic carbocycles. The first-order valence-electron chi connectivity index (χ1n) is 15.6. The second-order valence-electron chi connectivity index (χ2n) is 13.7. The fourth-order valence-corrected chi connectivity index (χ4v) is 8.40. The minimum atomic E-state index is -1.10. The molecule has 236 valence electrons. The molecular formula is C33H41Cl2N5O4. The van der Waals surface area contributed by atoms with E-state index >= 15 is 0 Å². The van der Waals surface area contributed by atoms with Crippen molar-refractivity contribution in [3.63, 3.8) is 0 Å². The lowest BCUT2D eigenvalue weighted by molar-refractivity contribution is -0.146. The number of halogens is 2. The van der Waals surface area contributed by atoms with Crippen LogP contribution in [0.1, 0.15) is 76.3 Å². The Morgan fingerprint density at radius 2 is 1.86 bits per heavy atom. The van der Waals surface area contributed by atoms with Crippen molar-refractivity contribution in [3.8, 4) is 0 Å². The number of carbonyl (C=O) groups is 3. The van der Waals surface area contributed by atoms with Crippen molar-refractivity contribution in [2.75, 3.05) is 25.5 Å². The molecule has 3 N–H and O–H groups in total. The summed E-state index contributed by atoms with van der Waals surface area (Å²) in [6.07, 6.45) is 5.49. The molecule has 0 unspecified atom stereocenters. The van der Waals surface area contributed by atoms with Crippen LogP contribution < -0.4 is 16.0 Å². The number of ether oxygens (including phenoxy) is 1. The van der Waals surface area contributed by atoms with Crippen LogP contribution in [-0.4, -0.2) is 71.5 Å². The van der Waals surface area contributed by atoms with E-state index in [1.807, 2.05) is 25.1 Å². The van der Waals surface area contributed by atoms with Gasteiger partial charge in [-0.05, 0) is 86.3 Å². The maximum absolute atomic E-state index is 14.6. The van der Waals surface area contributed by atoms with E-state index in [9.17, 15) is 14.4 Å². The van der Waals surface area contributed by atoms with E-state index < -0.39 is 29.0 Å². The van der Waals surface area contributed by atoms with Crippen LogP contribution in [0.3, 0.4) is 0 Å². The molecule has 3 fully saturated rings. The highest BCUT2D eigenvalue weighted by atomic mass is 35.5. The number of nitrogens with zero attached hydrogens (tertiary/aromatic N) is 2. The van der Waals surface area contributed by atoms with Gasteiger partial charge in [0.05, 0.1) is 18.7 Å². The van der Waals surface area contributed by atoms with Crippen LogP contribution >= 0.6 is 23.2 Å². The molecule has 4 heterocycles. The summed E-state index contributed by atoms with van der Waals surface area (Å²) < 4.78 is 5.94. The van der Waals surface area contributed by atoms with Gasteiger partial charge in [0.25, 0.3) is 5.91 Å². The van der Waals surface area contributed by atoms with Crippen LogP contribution in [-0.2, 0) is 24.5 Å². The largest absolute Gasteiger partial charge is 0.366 e. The third-order valence-electron chi connectivity index (χ3n) is 10.6. The minimum absolute atomic E-state index is 0.0421. The molecule has 5 atom stereocenters. The fourth-order valence-electron chi connectivity index (χ4n) is 8.05. The average Bonchev–Trinajstić information content (AvgIpc) is 3.46. The van der Waals surface area contributed by atoms with Crippen LogP contribution in [0.2, 0.25) is 10.2 Å². The topological polar surface area (TPSA) is 113 Å². The Morgan fingerprint density at radius 3 is 2.52 bits per heavy atom. The van der Waals surface area contributed by atoms with Gasteiger partial charge >= 0.3 is 0 Å². The summed E-state index contributed by atoms with van der Waals surface area (Å²) in [6.45, 7) is 7.29. The van der Waals surface area contributed by atoms with Gasteiger partial charge in [-0.25, -0.2) is 4.98 Å². The highest BCUT2D eigenvalue weighted by Gasteiger charge is 2.72. The Kier molecular flexibility index (Phi) is 8.23. The van der Waals surface area contributed by atoms with E-state index in [1.54, 1.807) is 30.3 Å². The number of carbonyl (C=O) groups excluding carboxylic acids is 3. The zero-order valence-electron chi connectivity index (χ0n) is 25.7. The second kappa shape index (κ2) is 11.6. The normalized spacial score (nSPS) is 30.2. The molecule has 1 aromatic carbocycles. The van der Waals surface area contributed by atoms with E-state index in [4.69, 9.17) is 27.9 Å². The number of amides is 3. The van der Waals surface area contributed by atoms with Crippen molar-refractivity contribution in [1.82, 2.24) is 20.5 Å². The number of anilines is 1. The molecule has 6 rings (SSSR count). The fraction of sp³-hybridized carbons (Fsp3) is 0.576. The zero-order valence-corrected chi connectivity index (χ0v) is 27.2. The number of benzene rings is 1. The number of rotatable bonds is 5. The van der Waals surface area contributed by atoms with Gasteiger partial charge in [-0.1, -0.05) is 43.1 Å². The van der Waals surface area contributed by atoms with Gasteiger partial charge in [0.2, 0.25) is 11.8 Å². The number of nitrogens with one attached hydrogen (secondary N) is 3. The van der Waals surface area contributed by atoms with Crippen molar-refractivity contribution in [2.24, 2.45) is 5.41 Å². The first-order valence-corrected chi connectivity index (χ1v) is 16.3. The number of hydrogen-bond acceptors (Lipinski definition) is 6. The molecule has 0 bridgehead atoms. The number of aromatic nitrogens is 1. The Morgan fingerprint density at radius 1 is 1.11 bits per heavy atom. The zero-order chi connectivity index (χ0) is 31.4. The maximum atomic E-state index is 14.6. The van der Waals surface area contributed by atoms with Crippen molar-refractivity contribution < 1.29 is 19.1 Å². The summed E-state index contributed by atoms with van der Waals surface area (Å²) in [4.78, 5) is 47.5. The summed E-state index contributed by atoms with van der Waals surface area (Å²) in [5.41, 5.74) is 0.607. The van der Waals surface area contributed by atoms with Crippen molar-refractivity contribution >= 4 is 46.6 Å². The molecule has 4 aliphatic rings. The Bertz CT molecular complexity index is 1470. The number of hydrogen-bond donors (Lipinski definition) is 3. The van der Waals surface area contributed by atoms with Gasteiger partial charge < -0.3 is 20.3 Å². The standard InChI is InChI=1S/C33H41Cl2N5O4/c1-5-40(4)29(42)24-9-7-21(18-44-24)37-28(41)27-26(19-10-15-36-25(35)16-19)33(32(39-27)13-11-31(2,3)12-14-32)22-8-6-20(34)17-23(22)38-30(33)43/h6,8,10,15-17,21,24,26-27,39H,5,7,9,11-14,18H2,1-4H3,(H,37,41)(H,38,43)/t21-,24+,26+,27-,33-/m1/s1. The molecule has 1 aromatic heterocycles. The lowest BCUT2D eigenvalue weighted by atomic mass is 9.53. The van der Waals surface area contributed by atoms with Gasteiger partial charge in [-0.2, -0.15) is 0 Å². The number of fused-ring (bicyclic) bond motifs is 3. The van der Waals surface area contributed by atoms with Crippen LogP contribution in [0.4, 0.5) is 5.69 Å². The SMILES string of the molecule is CCN(C)C(=O)[C@@H]1CC[C@@H](NC(=O)[C@@H]2NC3(CCC(C)(C)CC3)[C@@]3(C(=O)Nc4cc(Cl)ccc43)[C@H]2c2ccnc(Cl)c2)CO1. The highest BCUT2D eigenvalue weighted by molar-refractivity contribution is 6.31. The van der Waals surface area contributed by atoms with Crippen LogP contribution in [0.5, 0.6) is 0 Å². The molecular weight excluding hydrogens is 601 g/mol. The summed E-state index contributed by atoms with van der Waals surface area (Å²) in [7, 11) is 1.76. The lowest BCUT2D eigenvalue weighted by Gasteiger charge is -2.50. The Hall–Kier alpha value is -2.72. The Labute approximate surface area is 268 Å². The predicted octanol–water partition coefficient (Wildman–Crippen LogP) is 4.82. The van der Waals surface area contributed by atoms with E-state index in [-0.39, 0.29) is 35.8 Å². The van der Waals surface area contributed by atoms with Crippen molar-refractivity contribution in [3.05, 3.63) is 57.8 Å². The van der Waals surface area contributed by atoms with E-state index in [0.29, 0.717) is 35.2 Å². The van der Waals surface area contributed by atoms with Crippen LogP contribution in [0.15, 0.2) is 36.5 Å². The quantitative estimate of drug-likeness (QED) is 0.404. The minimum Gasteiger partial charge on any atom is -0.366 e. The van der Waals surface area contributed by atoms with Gasteiger partial charge in [0.1, 0.15) is 16.7 Å². The number of likely N-dealkylation sites (N-methyl/N-ethyl adjacent to an activating group) is 1. The molecule has 9 nitrogen and oxygen atoms in total. The molecule has 44 heavy (non-hydrogen) atoms. The molecule has 11 heteroatoms.